The quantitative estimate of drug-likeness (QED) is 0.415. The van der Waals surface area contributed by atoms with E-state index >= 15 is 0 Å². The van der Waals surface area contributed by atoms with Crippen LogP contribution in [0.25, 0.3) is 33.1 Å². The van der Waals surface area contributed by atoms with Crippen molar-refractivity contribution in [1.29, 1.82) is 0 Å². The van der Waals surface area contributed by atoms with Crippen LogP contribution in [0.5, 0.6) is 0 Å². The fourth-order valence-corrected chi connectivity index (χ4v) is 4.79. The largest absolute Gasteiger partial charge is 0.339 e. The van der Waals surface area contributed by atoms with Crippen molar-refractivity contribution in [3.63, 3.8) is 0 Å². The summed E-state index contributed by atoms with van der Waals surface area (Å²) in [5, 5.41) is 6.51. The Morgan fingerprint density at radius 1 is 1.06 bits per heavy atom. The van der Waals surface area contributed by atoms with Crippen LogP contribution in [0, 0.1) is 11.8 Å². The van der Waals surface area contributed by atoms with Gasteiger partial charge in [0.05, 0.1) is 5.69 Å². The number of nitrogens with zero attached hydrogens (tertiary/aromatic N) is 1. The molecule has 2 heterocycles. The van der Waals surface area contributed by atoms with Crippen molar-refractivity contribution in [3.05, 3.63) is 60.8 Å². The van der Waals surface area contributed by atoms with Crippen molar-refractivity contribution < 1.29 is 4.79 Å². The number of benzene rings is 2. The maximum atomic E-state index is 12.9. The highest BCUT2D eigenvalue weighted by molar-refractivity contribution is 6.02. The zero-order valence-electron chi connectivity index (χ0n) is 17.8. The molecule has 4 N–H and O–H groups in total. The molecule has 1 fully saturated rings. The van der Waals surface area contributed by atoms with Crippen molar-refractivity contribution in [2.75, 3.05) is 5.32 Å². The normalized spacial score (nSPS) is 20.1. The Morgan fingerprint density at radius 3 is 2.61 bits per heavy atom. The van der Waals surface area contributed by atoms with Gasteiger partial charge in [-0.2, -0.15) is 0 Å². The highest BCUT2D eigenvalue weighted by Gasteiger charge is 2.28. The van der Waals surface area contributed by atoms with E-state index in [1.165, 1.54) is 10.8 Å². The lowest BCUT2D eigenvalue weighted by Gasteiger charge is -2.30. The highest BCUT2D eigenvalue weighted by atomic mass is 16.1. The third kappa shape index (κ3) is 3.93. The van der Waals surface area contributed by atoms with E-state index in [1.807, 2.05) is 18.2 Å². The molecule has 31 heavy (non-hydrogen) atoms. The van der Waals surface area contributed by atoms with Gasteiger partial charge in [-0.3, -0.25) is 4.79 Å². The number of carbonyl (C=O) groups is 1. The lowest BCUT2D eigenvalue weighted by molar-refractivity contribution is -0.121. The molecule has 5 rings (SSSR count). The van der Waals surface area contributed by atoms with Crippen LogP contribution in [-0.2, 0) is 4.79 Å². The summed E-state index contributed by atoms with van der Waals surface area (Å²) in [6, 6.07) is 18.9. The van der Waals surface area contributed by atoms with Gasteiger partial charge in [-0.25, -0.2) is 4.98 Å². The van der Waals surface area contributed by atoms with Gasteiger partial charge in [0.2, 0.25) is 5.91 Å². The maximum absolute atomic E-state index is 12.9. The zero-order chi connectivity index (χ0) is 21.4. The predicted molar refractivity (Wildman–Crippen MR) is 127 cm³/mol. The second kappa shape index (κ2) is 8.16. The Balaban J connectivity index is 1.39. The second-order valence-electron chi connectivity index (χ2n) is 8.83. The summed E-state index contributed by atoms with van der Waals surface area (Å²) in [4.78, 5) is 20.8. The van der Waals surface area contributed by atoms with E-state index < -0.39 is 0 Å². The van der Waals surface area contributed by atoms with Crippen LogP contribution in [0.3, 0.4) is 0 Å². The molecule has 1 unspecified atom stereocenters. The molecule has 5 heteroatoms. The molecule has 1 amide bonds. The van der Waals surface area contributed by atoms with Crippen molar-refractivity contribution in [2.45, 2.75) is 38.6 Å². The summed E-state index contributed by atoms with van der Waals surface area (Å²) in [7, 11) is 0. The van der Waals surface area contributed by atoms with Gasteiger partial charge in [-0.05, 0) is 73.1 Å². The van der Waals surface area contributed by atoms with Gasteiger partial charge in [0, 0.05) is 29.2 Å². The van der Waals surface area contributed by atoms with Crippen LogP contribution in [0.15, 0.2) is 60.8 Å². The van der Waals surface area contributed by atoms with Crippen LogP contribution in [0.2, 0.25) is 0 Å². The molecule has 1 saturated carbocycles. The number of carbonyl (C=O) groups excluding carboxylic acids is 1. The van der Waals surface area contributed by atoms with Gasteiger partial charge in [0.1, 0.15) is 5.65 Å². The van der Waals surface area contributed by atoms with Crippen molar-refractivity contribution in [2.24, 2.45) is 17.6 Å². The average Bonchev–Trinajstić information content (AvgIpc) is 3.24. The highest BCUT2D eigenvalue weighted by Crippen LogP contribution is 2.33. The summed E-state index contributed by atoms with van der Waals surface area (Å²) in [6.07, 6.45) is 5.60. The minimum Gasteiger partial charge on any atom is -0.339 e. The molecule has 2 aromatic carbocycles. The van der Waals surface area contributed by atoms with Crippen molar-refractivity contribution >= 4 is 33.4 Å². The summed E-state index contributed by atoms with van der Waals surface area (Å²) in [5.41, 5.74) is 9.73. The van der Waals surface area contributed by atoms with Crippen LogP contribution < -0.4 is 11.1 Å². The van der Waals surface area contributed by atoms with Gasteiger partial charge < -0.3 is 16.0 Å². The van der Waals surface area contributed by atoms with Crippen molar-refractivity contribution in [3.8, 4) is 11.3 Å². The van der Waals surface area contributed by atoms with E-state index in [0.29, 0.717) is 5.92 Å². The number of nitrogens with two attached hydrogens (primary N) is 1. The first-order chi connectivity index (χ1) is 15.1. The Kier molecular flexibility index (Phi) is 5.20. The molecule has 0 aliphatic heterocycles. The summed E-state index contributed by atoms with van der Waals surface area (Å²) in [5.74, 6) is 0.687. The second-order valence-corrected chi connectivity index (χ2v) is 8.83. The molecular weight excluding hydrogens is 384 g/mol. The molecular formula is C26H28N4O. The molecule has 1 aliphatic carbocycles. The molecule has 4 aromatic rings. The number of aromatic amines is 1. The summed E-state index contributed by atoms with van der Waals surface area (Å²) in [6.45, 7) is 2.07. The van der Waals surface area contributed by atoms with Gasteiger partial charge in [0.15, 0.2) is 0 Å². The van der Waals surface area contributed by atoms with E-state index in [-0.39, 0.29) is 17.9 Å². The molecule has 158 valence electrons. The lowest BCUT2D eigenvalue weighted by atomic mass is 9.79. The molecule has 1 aliphatic rings. The number of pyridine rings is 1. The number of aromatic nitrogens is 2. The molecule has 0 bridgehead atoms. The first-order valence-electron chi connectivity index (χ1n) is 11.1. The summed E-state index contributed by atoms with van der Waals surface area (Å²) >= 11 is 0. The van der Waals surface area contributed by atoms with Gasteiger partial charge in [-0.15, -0.1) is 0 Å². The third-order valence-corrected chi connectivity index (χ3v) is 6.74. The number of rotatable bonds is 4. The molecule has 2 aromatic heterocycles. The van der Waals surface area contributed by atoms with Crippen LogP contribution in [0.1, 0.15) is 32.6 Å². The van der Waals surface area contributed by atoms with E-state index in [2.05, 4.69) is 58.6 Å². The fraction of sp³-hybridized carbons (Fsp3) is 0.308. The van der Waals surface area contributed by atoms with Crippen molar-refractivity contribution in [1.82, 2.24) is 9.97 Å². The Morgan fingerprint density at radius 2 is 1.84 bits per heavy atom. The summed E-state index contributed by atoms with van der Waals surface area (Å²) < 4.78 is 0. The van der Waals surface area contributed by atoms with Crippen LogP contribution in [-0.4, -0.2) is 21.9 Å². The van der Waals surface area contributed by atoms with Gasteiger partial charge in [0.25, 0.3) is 0 Å². The topological polar surface area (TPSA) is 83.8 Å². The Labute approximate surface area is 182 Å². The van der Waals surface area contributed by atoms with E-state index in [0.717, 1.165) is 53.7 Å². The molecule has 5 nitrogen and oxygen atoms in total. The number of amides is 1. The van der Waals surface area contributed by atoms with Gasteiger partial charge in [-0.1, -0.05) is 36.4 Å². The first kappa shape index (κ1) is 19.8. The first-order valence-corrected chi connectivity index (χ1v) is 11.1. The van der Waals surface area contributed by atoms with E-state index in [4.69, 9.17) is 5.73 Å². The Bertz CT molecular complexity index is 1230. The Hall–Kier alpha value is -3.18. The van der Waals surface area contributed by atoms with Crippen LogP contribution in [0.4, 0.5) is 5.69 Å². The minimum absolute atomic E-state index is 0.0529. The number of hydrogen-bond donors (Lipinski definition) is 3. The van der Waals surface area contributed by atoms with Crippen LogP contribution >= 0.6 is 0 Å². The number of nitrogens with one attached hydrogen (secondary N) is 2. The molecule has 0 radical (unpaired) electrons. The average molecular weight is 413 g/mol. The molecule has 0 saturated heterocycles. The number of fused-ring (bicyclic) bond motifs is 2. The van der Waals surface area contributed by atoms with Gasteiger partial charge >= 0.3 is 0 Å². The monoisotopic (exact) mass is 412 g/mol. The standard InChI is InChI=1S/C26H28N4O/c1-16(27)17-6-9-19(10-7-17)26(31)30-23-12-13-28-25-22(23)15-24(29-25)21-11-8-18-4-2-3-5-20(18)14-21/h2-5,8,11-17,19H,6-7,9-10,27H2,1H3,(H2,28,29,30,31)/t16?,17-,19-. The minimum atomic E-state index is 0.0529. The zero-order valence-corrected chi connectivity index (χ0v) is 17.8. The number of H-pyrrole nitrogens is 1. The van der Waals surface area contributed by atoms with E-state index in [1.54, 1.807) is 6.20 Å². The molecule has 1 atom stereocenters. The third-order valence-electron chi connectivity index (χ3n) is 6.74. The fourth-order valence-electron chi connectivity index (χ4n) is 4.79. The number of hydrogen-bond acceptors (Lipinski definition) is 3. The maximum Gasteiger partial charge on any atom is 0.227 e. The SMILES string of the molecule is CC(N)[C@H]1CC[C@H](C(=O)Nc2ccnc3[nH]c(-c4ccc5ccccc5c4)cc23)CC1. The lowest BCUT2D eigenvalue weighted by Crippen LogP contribution is -2.33. The number of anilines is 1. The molecule has 0 spiro atoms. The smallest absolute Gasteiger partial charge is 0.227 e. The predicted octanol–water partition coefficient (Wildman–Crippen LogP) is 5.48. The van der Waals surface area contributed by atoms with E-state index in [9.17, 15) is 4.79 Å².